The zero-order valence-corrected chi connectivity index (χ0v) is 17.4. The maximum Gasteiger partial charge on any atom is 0.335 e. The Labute approximate surface area is 175 Å². The summed E-state index contributed by atoms with van der Waals surface area (Å²) in [6.45, 7) is 6.01. The molecule has 1 aromatic heterocycles. The minimum atomic E-state index is -0.964. The van der Waals surface area contributed by atoms with Gasteiger partial charge in [0.25, 0.3) is 0 Å². The van der Waals surface area contributed by atoms with E-state index >= 15 is 0 Å². The highest BCUT2D eigenvalue weighted by Gasteiger charge is 2.23. The van der Waals surface area contributed by atoms with Crippen molar-refractivity contribution in [1.29, 1.82) is 0 Å². The van der Waals surface area contributed by atoms with Gasteiger partial charge in [-0.15, -0.1) is 0 Å². The number of allylic oxidation sites excluding steroid dienone is 1. The first-order valence-electron chi connectivity index (χ1n) is 9.90. The van der Waals surface area contributed by atoms with E-state index in [9.17, 15) is 4.79 Å². The molecule has 3 atom stereocenters. The standard InChI is InChI=1S/C22H27N5O3/c1-13-11-25-22(27-20(13)16-4-6-17(7-5-16)21(28)29)26-19(10-23)12-24-18-8-14(2)30-15(3)9-18/h4-7,10-12,14-15,18H,8-9,23H2,1-3H3,(H,28,29)(H,25,26,27)/b19-10+,24-12?/t14-,15+,18?. The number of rotatable bonds is 6. The van der Waals surface area contributed by atoms with Crippen LogP contribution in [0.15, 0.2) is 47.4 Å². The van der Waals surface area contributed by atoms with Crippen LogP contribution in [0.4, 0.5) is 5.95 Å². The van der Waals surface area contributed by atoms with E-state index in [-0.39, 0.29) is 23.8 Å². The van der Waals surface area contributed by atoms with Crippen molar-refractivity contribution in [2.75, 3.05) is 5.32 Å². The van der Waals surface area contributed by atoms with Gasteiger partial charge in [-0.1, -0.05) is 12.1 Å². The van der Waals surface area contributed by atoms with E-state index in [1.807, 2.05) is 6.92 Å². The van der Waals surface area contributed by atoms with Crippen molar-refractivity contribution in [1.82, 2.24) is 9.97 Å². The molecule has 158 valence electrons. The van der Waals surface area contributed by atoms with Gasteiger partial charge in [0.1, 0.15) is 0 Å². The van der Waals surface area contributed by atoms with Crippen molar-refractivity contribution in [2.24, 2.45) is 10.7 Å². The highest BCUT2D eigenvalue weighted by molar-refractivity contribution is 5.88. The molecule has 0 aliphatic carbocycles. The largest absolute Gasteiger partial charge is 0.478 e. The quantitative estimate of drug-likeness (QED) is 0.625. The molecular formula is C22H27N5O3. The van der Waals surface area contributed by atoms with Gasteiger partial charge in [-0.05, 0) is 51.3 Å². The first-order valence-corrected chi connectivity index (χ1v) is 9.90. The van der Waals surface area contributed by atoms with E-state index in [4.69, 9.17) is 15.6 Å². The molecule has 4 N–H and O–H groups in total. The maximum absolute atomic E-state index is 11.1. The Balaban J connectivity index is 1.75. The zero-order chi connectivity index (χ0) is 21.7. The number of aliphatic imine (C=N–C) groups is 1. The van der Waals surface area contributed by atoms with E-state index in [0.717, 1.165) is 24.0 Å². The summed E-state index contributed by atoms with van der Waals surface area (Å²) >= 11 is 0. The third-order valence-corrected chi connectivity index (χ3v) is 4.91. The molecule has 2 heterocycles. The first-order chi connectivity index (χ1) is 14.4. The highest BCUT2D eigenvalue weighted by atomic mass is 16.5. The Kier molecular flexibility index (Phi) is 6.79. The summed E-state index contributed by atoms with van der Waals surface area (Å²) in [5.41, 5.74) is 8.98. The fraction of sp³-hybridized carbons (Fsp3) is 0.364. The molecule has 8 nitrogen and oxygen atoms in total. The van der Waals surface area contributed by atoms with Crippen molar-refractivity contribution in [3.8, 4) is 11.3 Å². The Morgan fingerprint density at radius 1 is 1.27 bits per heavy atom. The average Bonchev–Trinajstić information content (AvgIpc) is 2.71. The fourth-order valence-corrected chi connectivity index (χ4v) is 3.49. The lowest BCUT2D eigenvalue weighted by Gasteiger charge is -2.29. The minimum Gasteiger partial charge on any atom is -0.478 e. The Morgan fingerprint density at radius 2 is 1.93 bits per heavy atom. The first kappa shape index (κ1) is 21.4. The van der Waals surface area contributed by atoms with Gasteiger partial charge < -0.3 is 20.9 Å². The molecule has 1 aromatic carbocycles. The molecule has 0 saturated carbocycles. The van der Waals surface area contributed by atoms with E-state index < -0.39 is 5.97 Å². The molecular weight excluding hydrogens is 382 g/mol. The molecule has 1 aliphatic rings. The van der Waals surface area contributed by atoms with Gasteiger partial charge in [0.2, 0.25) is 5.95 Å². The second-order valence-electron chi connectivity index (χ2n) is 7.52. The number of aromatic nitrogens is 2. The number of aromatic carboxylic acids is 1. The van der Waals surface area contributed by atoms with Gasteiger partial charge in [0.05, 0.1) is 35.2 Å². The topological polar surface area (TPSA) is 123 Å². The lowest BCUT2D eigenvalue weighted by Crippen LogP contribution is -2.31. The third-order valence-electron chi connectivity index (χ3n) is 4.91. The number of nitrogens with two attached hydrogens (primary N) is 1. The SMILES string of the molecule is Cc1cnc(N/C(C=NC2C[C@@H](C)O[C@@H](C)C2)=C/N)nc1-c1ccc(C(=O)O)cc1. The number of hydrogen-bond donors (Lipinski definition) is 3. The molecule has 1 unspecified atom stereocenters. The minimum absolute atomic E-state index is 0.183. The fourth-order valence-electron chi connectivity index (χ4n) is 3.49. The summed E-state index contributed by atoms with van der Waals surface area (Å²) in [5, 5.41) is 12.2. The molecule has 0 spiro atoms. The highest BCUT2D eigenvalue weighted by Crippen LogP contribution is 2.23. The number of benzene rings is 1. The normalized spacial score (nSPS) is 22.2. The van der Waals surface area contributed by atoms with Gasteiger partial charge >= 0.3 is 5.97 Å². The summed E-state index contributed by atoms with van der Waals surface area (Å²) in [6.07, 6.45) is 6.96. The van der Waals surface area contributed by atoms with Gasteiger partial charge in [-0.25, -0.2) is 14.8 Å². The van der Waals surface area contributed by atoms with Crippen LogP contribution in [0.3, 0.4) is 0 Å². The number of carboxylic acids is 1. The summed E-state index contributed by atoms with van der Waals surface area (Å²) in [4.78, 5) is 24.6. The number of carboxylic acid groups (broad SMARTS) is 1. The molecule has 2 aromatic rings. The molecule has 1 fully saturated rings. The smallest absolute Gasteiger partial charge is 0.335 e. The van der Waals surface area contributed by atoms with Crippen LogP contribution in [0.5, 0.6) is 0 Å². The number of aryl methyl sites for hydroxylation is 1. The lowest BCUT2D eigenvalue weighted by atomic mass is 10.0. The predicted octanol–water partition coefficient (Wildman–Crippen LogP) is 3.39. The van der Waals surface area contributed by atoms with Crippen LogP contribution in [-0.4, -0.2) is 45.5 Å². The van der Waals surface area contributed by atoms with Crippen molar-refractivity contribution in [3.05, 3.63) is 53.5 Å². The molecule has 3 rings (SSSR count). The van der Waals surface area contributed by atoms with Crippen molar-refractivity contribution in [3.63, 3.8) is 0 Å². The number of ether oxygens (including phenoxy) is 1. The number of anilines is 1. The van der Waals surface area contributed by atoms with Gasteiger partial charge in [-0.3, -0.25) is 4.99 Å². The van der Waals surface area contributed by atoms with Gasteiger partial charge in [0.15, 0.2) is 0 Å². The number of nitrogens with one attached hydrogen (secondary N) is 1. The molecule has 30 heavy (non-hydrogen) atoms. The Bertz CT molecular complexity index is 946. The monoisotopic (exact) mass is 409 g/mol. The Hall–Kier alpha value is -3.26. The van der Waals surface area contributed by atoms with Crippen LogP contribution in [0.2, 0.25) is 0 Å². The summed E-state index contributed by atoms with van der Waals surface area (Å²) in [6, 6.07) is 6.76. The Morgan fingerprint density at radius 3 is 2.53 bits per heavy atom. The predicted molar refractivity (Wildman–Crippen MR) is 117 cm³/mol. The number of nitrogens with zero attached hydrogens (tertiary/aromatic N) is 3. The van der Waals surface area contributed by atoms with Crippen LogP contribution < -0.4 is 11.1 Å². The molecule has 0 bridgehead atoms. The summed E-state index contributed by atoms with van der Waals surface area (Å²) < 4.78 is 5.75. The van der Waals surface area contributed by atoms with Crippen LogP contribution in [0.25, 0.3) is 11.3 Å². The lowest BCUT2D eigenvalue weighted by molar-refractivity contribution is -0.0361. The second kappa shape index (κ2) is 9.49. The summed E-state index contributed by atoms with van der Waals surface area (Å²) in [5.74, 6) is -0.580. The second-order valence-corrected chi connectivity index (χ2v) is 7.52. The van der Waals surface area contributed by atoms with Crippen molar-refractivity contribution >= 4 is 18.1 Å². The van der Waals surface area contributed by atoms with Crippen LogP contribution >= 0.6 is 0 Å². The van der Waals surface area contributed by atoms with Crippen molar-refractivity contribution < 1.29 is 14.6 Å². The van der Waals surface area contributed by atoms with Crippen molar-refractivity contribution in [2.45, 2.75) is 51.9 Å². The molecule has 0 radical (unpaired) electrons. The van der Waals surface area contributed by atoms with Crippen LogP contribution in [0.1, 0.15) is 42.6 Å². The average molecular weight is 409 g/mol. The van der Waals surface area contributed by atoms with E-state index in [0.29, 0.717) is 17.3 Å². The maximum atomic E-state index is 11.1. The van der Waals surface area contributed by atoms with E-state index in [2.05, 4.69) is 34.1 Å². The molecule has 1 aliphatic heterocycles. The zero-order valence-electron chi connectivity index (χ0n) is 17.4. The van der Waals surface area contributed by atoms with Crippen LogP contribution in [-0.2, 0) is 4.74 Å². The summed E-state index contributed by atoms with van der Waals surface area (Å²) in [7, 11) is 0. The third kappa shape index (κ3) is 5.42. The van der Waals surface area contributed by atoms with E-state index in [1.54, 1.807) is 36.7 Å². The number of carbonyl (C=O) groups is 1. The number of hydrogen-bond acceptors (Lipinski definition) is 7. The van der Waals surface area contributed by atoms with Gasteiger partial charge in [-0.2, -0.15) is 0 Å². The van der Waals surface area contributed by atoms with E-state index in [1.165, 1.54) is 6.20 Å². The van der Waals surface area contributed by atoms with Crippen LogP contribution in [0, 0.1) is 6.92 Å². The molecule has 1 saturated heterocycles. The van der Waals surface area contributed by atoms with Gasteiger partial charge in [0, 0.05) is 24.2 Å². The molecule has 8 heteroatoms. The molecule has 0 amide bonds.